The quantitative estimate of drug-likeness (QED) is 0.662. The van der Waals surface area contributed by atoms with Gasteiger partial charge in [0.1, 0.15) is 5.75 Å². The minimum atomic E-state index is -3.78. The Bertz CT molecular complexity index is 1030. The number of aromatic nitrogens is 1. The van der Waals surface area contributed by atoms with Gasteiger partial charge in [-0.1, -0.05) is 17.4 Å². The zero-order valence-corrected chi connectivity index (χ0v) is 15.6. The van der Waals surface area contributed by atoms with Crippen LogP contribution in [-0.2, 0) is 17.1 Å². The van der Waals surface area contributed by atoms with Crippen molar-refractivity contribution < 1.29 is 13.2 Å². The highest BCUT2D eigenvalue weighted by Crippen LogP contribution is 2.25. The smallest absolute Gasteiger partial charge is 0.285 e. The van der Waals surface area contributed by atoms with Crippen molar-refractivity contribution in [1.82, 2.24) is 4.57 Å². The van der Waals surface area contributed by atoms with Gasteiger partial charge in [-0.2, -0.15) is 8.42 Å². The third-order valence-electron chi connectivity index (χ3n) is 3.33. The Morgan fingerprint density at radius 2 is 1.87 bits per heavy atom. The number of sulfonamides is 1. The van der Waals surface area contributed by atoms with Crippen LogP contribution in [0.3, 0.4) is 0 Å². The van der Waals surface area contributed by atoms with E-state index in [1.54, 1.807) is 23.7 Å². The first-order valence-electron chi connectivity index (χ1n) is 6.61. The van der Waals surface area contributed by atoms with Crippen LogP contribution < -0.4 is 9.54 Å². The van der Waals surface area contributed by atoms with Gasteiger partial charge in [-0.25, -0.2) is 0 Å². The number of nitrogens with zero attached hydrogens (tertiary/aromatic N) is 2. The fourth-order valence-corrected chi connectivity index (χ4v) is 5.18. The number of para-hydroxylation sites is 1. The number of aryl methyl sites for hydroxylation is 1. The Labute approximate surface area is 146 Å². The molecule has 0 radical (unpaired) electrons. The molecule has 5 nitrogen and oxygen atoms in total. The van der Waals surface area contributed by atoms with Crippen molar-refractivity contribution in [3.63, 3.8) is 0 Å². The first-order valence-corrected chi connectivity index (χ1v) is 9.66. The summed E-state index contributed by atoms with van der Waals surface area (Å²) in [5, 5.41) is 0. The molecule has 0 aliphatic carbocycles. The maximum atomic E-state index is 12.5. The first-order chi connectivity index (χ1) is 10.9. The molecule has 1 aromatic heterocycles. The Morgan fingerprint density at radius 1 is 1.17 bits per heavy atom. The SMILES string of the molecule is COc1ccc(S(=O)(=O)/N=c2\sc3cccc(Br)c3n2C)cc1. The normalized spacial score (nSPS) is 12.7. The summed E-state index contributed by atoms with van der Waals surface area (Å²) >= 11 is 4.81. The molecule has 0 amide bonds. The van der Waals surface area contributed by atoms with E-state index in [1.807, 2.05) is 18.2 Å². The topological polar surface area (TPSA) is 60.7 Å². The van der Waals surface area contributed by atoms with Crippen molar-refractivity contribution in [1.29, 1.82) is 0 Å². The summed E-state index contributed by atoms with van der Waals surface area (Å²) in [5.41, 5.74) is 0.918. The highest BCUT2D eigenvalue weighted by molar-refractivity contribution is 9.10. The van der Waals surface area contributed by atoms with Crippen LogP contribution in [0.2, 0.25) is 0 Å². The van der Waals surface area contributed by atoms with Gasteiger partial charge in [-0.05, 0) is 52.3 Å². The summed E-state index contributed by atoms with van der Waals surface area (Å²) < 4.78 is 37.6. The van der Waals surface area contributed by atoms with Crippen molar-refractivity contribution >= 4 is 47.5 Å². The highest BCUT2D eigenvalue weighted by atomic mass is 79.9. The largest absolute Gasteiger partial charge is 0.497 e. The van der Waals surface area contributed by atoms with Crippen LogP contribution >= 0.6 is 27.3 Å². The molecular formula is C15H13BrN2O3S2. The fourth-order valence-electron chi connectivity index (χ4n) is 2.15. The Hall–Kier alpha value is -1.64. The Balaban J connectivity index is 2.16. The maximum Gasteiger partial charge on any atom is 0.285 e. The average Bonchev–Trinajstić information content (AvgIpc) is 2.84. The molecule has 3 aromatic rings. The third kappa shape index (κ3) is 3.06. The monoisotopic (exact) mass is 412 g/mol. The maximum absolute atomic E-state index is 12.5. The van der Waals surface area contributed by atoms with Crippen molar-refractivity contribution in [3.05, 3.63) is 51.7 Å². The fraction of sp³-hybridized carbons (Fsp3) is 0.133. The van der Waals surface area contributed by atoms with E-state index in [9.17, 15) is 8.42 Å². The lowest BCUT2D eigenvalue weighted by Gasteiger charge is -2.01. The molecule has 0 atom stereocenters. The second-order valence-electron chi connectivity index (χ2n) is 4.77. The number of halogens is 1. The molecule has 120 valence electrons. The number of fused-ring (bicyclic) bond motifs is 1. The average molecular weight is 413 g/mol. The van der Waals surface area contributed by atoms with Crippen LogP contribution in [0.15, 0.2) is 56.2 Å². The van der Waals surface area contributed by atoms with E-state index < -0.39 is 10.0 Å². The van der Waals surface area contributed by atoms with Gasteiger partial charge in [0.25, 0.3) is 10.0 Å². The van der Waals surface area contributed by atoms with Crippen LogP contribution in [0.4, 0.5) is 0 Å². The van der Waals surface area contributed by atoms with Gasteiger partial charge >= 0.3 is 0 Å². The third-order valence-corrected chi connectivity index (χ3v) is 6.46. The zero-order valence-electron chi connectivity index (χ0n) is 12.4. The van der Waals surface area contributed by atoms with Gasteiger partial charge < -0.3 is 9.30 Å². The molecular weight excluding hydrogens is 400 g/mol. The summed E-state index contributed by atoms with van der Waals surface area (Å²) in [6, 6.07) is 11.9. The second-order valence-corrected chi connectivity index (χ2v) is 8.24. The van der Waals surface area contributed by atoms with E-state index in [0.717, 1.165) is 14.7 Å². The molecule has 23 heavy (non-hydrogen) atoms. The highest BCUT2D eigenvalue weighted by Gasteiger charge is 2.14. The van der Waals surface area contributed by atoms with Gasteiger partial charge in [0.05, 0.1) is 22.2 Å². The van der Waals surface area contributed by atoms with Gasteiger partial charge in [0.2, 0.25) is 4.80 Å². The summed E-state index contributed by atoms with van der Waals surface area (Å²) in [6.45, 7) is 0. The van der Waals surface area contributed by atoms with E-state index in [1.165, 1.54) is 30.6 Å². The Morgan fingerprint density at radius 3 is 2.48 bits per heavy atom. The number of methoxy groups -OCH3 is 1. The summed E-state index contributed by atoms with van der Waals surface area (Å²) in [5.74, 6) is 0.597. The number of benzene rings is 2. The molecule has 1 heterocycles. The first kappa shape index (κ1) is 16.2. The van der Waals surface area contributed by atoms with Crippen molar-refractivity contribution in [2.45, 2.75) is 4.90 Å². The molecule has 0 aliphatic heterocycles. The Kier molecular flexibility index (Phi) is 4.31. The van der Waals surface area contributed by atoms with E-state index in [4.69, 9.17) is 4.74 Å². The summed E-state index contributed by atoms with van der Waals surface area (Å²) in [4.78, 5) is 0.553. The zero-order chi connectivity index (χ0) is 16.6. The molecule has 0 unspecified atom stereocenters. The van der Waals surface area contributed by atoms with Crippen LogP contribution in [-0.4, -0.2) is 20.1 Å². The summed E-state index contributed by atoms with van der Waals surface area (Å²) in [7, 11) is -0.449. The number of hydrogen-bond donors (Lipinski definition) is 0. The van der Waals surface area contributed by atoms with E-state index in [2.05, 4.69) is 20.3 Å². The van der Waals surface area contributed by atoms with E-state index >= 15 is 0 Å². The van der Waals surface area contributed by atoms with Crippen LogP contribution in [0.25, 0.3) is 10.2 Å². The van der Waals surface area contributed by atoms with Crippen LogP contribution in [0, 0.1) is 0 Å². The molecule has 2 aromatic carbocycles. The lowest BCUT2D eigenvalue weighted by molar-refractivity contribution is 0.414. The molecule has 0 N–H and O–H groups in total. The number of thiazole rings is 1. The lowest BCUT2D eigenvalue weighted by atomic mass is 10.3. The number of ether oxygens (including phenoxy) is 1. The molecule has 8 heteroatoms. The van der Waals surface area contributed by atoms with E-state index in [0.29, 0.717) is 10.6 Å². The van der Waals surface area contributed by atoms with Gasteiger partial charge in [0, 0.05) is 11.5 Å². The van der Waals surface area contributed by atoms with Gasteiger partial charge in [-0.3, -0.25) is 0 Å². The molecule has 0 fully saturated rings. The molecule has 0 aliphatic rings. The van der Waals surface area contributed by atoms with Crippen molar-refractivity contribution in [2.24, 2.45) is 11.4 Å². The second kappa shape index (κ2) is 6.10. The standard InChI is InChI=1S/C15H13BrN2O3S2/c1-18-14-12(16)4-3-5-13(14)22-15(18)17-23(19,20)11-8-6-10(21-2)7-9-11/h3-9H,1-2H3/b17-15-. The van der Waals surface area contributed by atoms with Gasteiger partial charge in [0.15, 0.2) is 0 Å². The van der Waals surface area contributed by atoms with E-state index in [-0.39, 0.29) is 4.90 Å². The van der Waals surface area contributed by atoms with Gasteiger partial charge in [-0.15, -0.1) is 4.40 Å². The predicted molar refractivity (Wildman–Crippen MR) is 94.2 cm³/mol. The molecule has 0 saturated heterocycles. The lowest BCUT2D eigenvalue weighted by Crippen LogP contribution is -2.13. The molecule has 0 spiro atoms. The van der Waals surface area contributed by atoms with Crippen molar-refractivity contribution in [2.75, 3.05) is 7.11 Å². The number of rotatable bonds is 3. The minimum absolute atomic E-state index is 0.134. The van der Waals surface area contributed by atoms with Crippen LogP contribution in [0.5, 0.6) is 5.75 Å². The summed E-state index contributed by atoms with van der Waals surface area (Å²) in [6.07, 6.45) is 0. The molecule has 0 bridgehead atoms. The number of hydrogen-bond acceptors (Lipinski definition) is 4. The minimum Gasteiger partial charge on any atom is -0.497 e. The predicted octanol–water partition coefficient (Wildman–Crippen LogP) is 3.30. The van der Waals surface area contributed by atoms with Crippen LogP contribution in [0.1, 0.15) is 0 Å². The molecule has 0 saturated carbocycles. The van der Waals surface area contributed by atoms with Crippen molar-refractivity contribution in [3.8, 4) is 5.75 Å². The molecule has 3 rings (SSSR count).